The fourth-order valence-electron chi connectivity index (χ4n) is 1.90. The van der Waals surface area contributed by atoms with Gasteiger partial charge >= 0.3 is 0 Å². The lowest BCUT2D eigenvalue weighted by molar-refractivity contribution is -0.0263. The first-order valence-corrected chi connectivity index (χ1v) is 6.14. The normalized spacial score (nSPS) is 26.5. The molecular weight excluding hydrogens is 254 g/mol. The van der Waals surface area contributed by atoms with Gasteiger partial charge in [-0.15, -0.1) is 0 Å². The zero-order valence-electron chi connectivity index (χ0n) is 8.87. The minimum absolute atomic E-state index is 0.299. The van der Waals surface area contributed by atoms with E-state index < -0.39 is 0 Å². The van der Waals surface area contributed by atoms with Crippen molar-refractivity contribution in [2.75, 3.05) is 13.1 Å². The number of ether oxygens (including phenoxy) is 1. The molecule has 2 rings (SSSR count). The third-order valence-corrected chi connectivity index (χ3v) is 3.41. The van der Waals surface area contributed by atoms with Crippen LogP contribution < -0.4 is 5.32 Å². The molecule has 0 bridgehead atoms. The monoisotopic (exact) mass is 269 g/mol. The number of nitrogens with one attached hydrogen (secondary N) is 1. The summed E-state index contributed by atoms with van der Waals surface area (Å²) in [6.07, 6.45) is 1.59. The maximum atomic E-state index is 5.86. The van der Waals surface area contributed by atoms with E-state index in [-0.39, 0.29) is 0 Å². The van der Waals surface area contributed by atoms with Gasteiger partial charge in [-0.25, -0.2) is 0 Å². The van der Waals surface area contributed by atoms with Crippen molar-refractivity contribution < 1.29 is 4.74 Å². The Balaban J connectivity index is 1.99. The van der Waals surface area contributed by atoms with Crippen LogP contribution in [0.4, 0.5) is 0 Å². The van der Waals surface area contributed by atoms with Crippen molar-refractivity contribution in [2.45, 2.75) is 25.6 Å². The van der Waals surface area contributed by atoms with Gasteiger partial charge in [-0.05, 0) is 18.6 Å². The first-order chi connectivity index (χ1) is 7.25. The lowest BCUT2D eigenvalue weighted by Crippen LogP contribution is -2.44. The van der Waals surface area contributed by atoms with Crippen molar-refractivity contribution in [3.63, 3.8) is 0 Å². The minimum atomic E-state index is 0.299. The second-order valence-corrected chi connectivity index (χ2v) is 4.88. The largest absolute Gasteiger partial charge is 0.372 e. The Kier molecular flexibility index (Phi) is 3.78. The van der Waals surface area contributed by atoms with E-state index in [2.05, 4.69) is 46.4 Å². The highest BCUT2D eigenvalue weighted by Crippen LogP contribution is 2.19. The summed E-state index contributed by atoms with van der Waals surface area (Å²) < 4.78 is 7.03. The fourth-order valence-corrected chi connectivity index (χ4v) is 2.35. The Morgan fingerprint density at radius 3 is 2.93 bits per heavy atom. The van der Waals surface area contributed by atoms with Crippen LogP contribution in [0.2, 0.25) is 0 Å². The summed E-state index contributed by atoms with van der Waals surface area (Å²) in [6, 6.07) is 8.33. The molecular formula is C12H16BrNO. The van der Waals surface area contributed by atoms with Gasteiger partial charge in [-0.2, -0.15) is 0 Å². The first-order valence-electron chi connectivity index (χ1n) is 5.35. The summed E-state index contributed by atoms with van der Waals surface area (Å²) in [7, 11) is 0. The van der Waals surface area contributed by atoms with E-state index in [1.54, 1.807) is 0 Å². The van der Waals surface area contributed by atoms with Gasteiger partial charge in [-0.1, -0.05) is 34.1 Å². The third-order valence-electron chi connectivity index (χ3n) is 2.63. The van der Waals surface area contributed by atoms with E-state index in [0.717, 1.165) is 19.5 Å². The van der Waals surface area contributed by atoms with Crippen LogP contribution in [0, 0.1) is 0 Å². The fraction of sp³-hybridized carbons (Fsp3) is 0.500. The Morgan fingerprint density at radius 2 is 2.20 bits per heavy atom. The number of hydrogen-bond donors (Lipinski definition) is 1. The van der Waals surface area contributed by atoms with E-state index in [0.29, 0.717) is 12.2 Å². The highest BCUT2D eigenvalue weighted by Gasteiger charge is 2.19. The smallest absolute Gasteiger partial charge is 0.0744 e. The highest BCUT2D eigenvalue weighted by atomic mass is 79.9. The molecule has 3 heteroatoms. The van der Waals surface area contributed by atoms with E-state index in [1.807, 2.05) is 6.07 Å². The van der Waals surface area contributed by atoms with Gasteiger partial charge in [0.15, 0.2) is 0 Å². The lowest BCUT2D eigenvalue weighted by atomic mass is 10.1. The molecule has 1 heterocycles. The van der Waals surface area contributed by atoms with Gasteiger partial charge in [0, 0.05) is 24.0 Å². The number of rotatable bonds is 2. The molecule has 2 unspecified atom stereocenters. The van der Waals surface area contributed by atoms with Crippen molar-refractivity contribution in [3.8, 4) is 0 Å². The minimum Gasteiger partial charge on any atom is -0.372 e. The van der Waals surface area contributed by atoms with Crippen molar-refractivity contribution in [1.82, 2.24) is 5.32 Å². The van der Waals surface area contributed by atoms with E-state index >= 15 is 0 Å². The molecule has 1 aliphatic heterocycles. The topological polar surface area (TPSA) is 21.3 Å². The second kappa shape index (κ2) is 5.10. The van der Waals surface area contributed by atoms with Gasteiger partial charge in [0.05, 0.1) is 12.2 Å². The number of morpholine rings is 1. The summed E-state index contributed by atoms with van der Waals surface area (Å²) in [6.45, 7) is 4.03. The molecule has 0 radical (unpaired) electrons. The van der Waals surface area contributed by atoms with Crippen molar-refractivity contribution in [1.29, 1.82) is 0 Å². The maximum Gasteiger partial charge on any atom is 0.0744 e. The van der Waals surface area contributed by atoms with Crippen LogP contribution in [-0.4, -0.2) is 25.3 Å². The van der Waals surface area contributed by atoms with Crippen LogP contribution in [0.25, 0.3) is 0 Å². The molecule has 15 heavy (non-hydrogen) atoms. The standard InChI is InChI=1S/C12H16BrNO/c1-9-7-14-8-11(15-9)6-10-4-2-3-5-12(10)13/h2-5,9,11,14H,6-8H2,1H3. The average molecular weight is 270 g/mol. The lowest BCUT2D eigenvalue weighted by Gasteiger charge is -2.29. The van der Waals surface area contributed by atoms with Crippen molar-refractivity contribution >= 4 is 15.9 Å². The van der Waals surface area contributed by atoms with Crippen LogP contribution in [0.1, 0.15) is 12.5 Å². The summed E-state index contributed by atoms with van der Waals surface area (Å²) in [5.41, 5.74) is 1.32. The molecule has 2 nitrogen and oxygen atoms in total. The molecule has 1 saturated heterocycles. The van der Waals surface area contributed by atoms with E-state index in [9.17, 15) is 0 Å². The summed E-state index contributed by atoms with van der Waals surface area (Å²) in [5, 5.41) is 3.38. The van der Waals surface area contributed by atoms with Crippen LogP contribution in [-0.2, 0) is 11.2 Å². The van der Waals surface area contributed by atoms with Gasteiger partial charge in [0.1, 0.15) is 0 Å². The molecule has 1 aromatic carbocycles. The molecule has 0 amide bonds. The molecule has 1 fully saturated rings. The highest BCUT2D eigenvalue weighted by molar-refractivity contribution is 9.10. The summed E-state index contributed by atoms with van der Waals surface area (Å²) >= 11 is 3.56. The molecule has 82 valence electrons. The second-order valence-electron chi connectivity index (χ2n) is 4.02. The quantitative estimate of drug-likeness (QED) is 0.890. The van der Waals surface area contributed by atoms with E-state index in [1.165, 1.54) is 10.0 Å². The van der Waals surface area contributed by atoms with Gasteiger partial charge in [0.2, 0.25) is 0 Å². The Labute approximate surface area is 99.1 Å². The van der Waals surface area contributed by atoms with Crippen LogP contribution in [0.5, 0.6) is 0 Å². The van der Waals surface area contributed by atoms with Crippen LogP contribution in [0.15, 0.2) is 28.7 Å². The predicted octanol–water partition coefficient (Wildman–Crippen LogP) is 2.37. The van der Waals surface area contributed by atoms with Crippen LogP contribution >= 0.6 is 15.9 Å². The molecule has 2 atom stereocenters. The molecule has 1 aliphatic rings. The first kappa shape index (κ1) is 11.1. The SMILES string of the molecule is CC1CNCC(Cc2ccccc2Br)O1. The number of benzene rings is 1. The van der Waals surface area contributed by atoms with Gasteiger partial charge in [0.25, 0.3) is 0 Å². The Hall–Kier alpha value is -0.380. The molecule has 1 N–H and O–H groups in total. The average Bonchev–Trinajstić information content (AvgIpc) is 2.22. The predicted molar refractivity (Wildman–Crippen MR) is 65.1 cm³/mol. The van der Waals surface area contributed by atoms with Crippen molar-refractivity contribution in [3.05, 3.63) is 34.3 Å². The Morgan fingerprint density at radius 1 is 1.40 bits per heavy atom. The van der Waals surface area contributed by atoms with Gasteiger partial charge < -0.3 is 10.1 Å². The summed E-state index contributed by atoms with van der Waals surface area (Å²) in [5.74, 6) is 0. The Bertz CT molecular complexity index is 329. The molecule has 0 spiro atoms. The number of hydrogen-bond acceptors (Lipinski definition) is 2. The van der Waals surface area contributed by atoms with Gasteiger partial charge in [-0.3, -0.25) is 0 Å². The molecule has 1 aromatic rings. The summed E-state index contributed by atoms with van der Waals surface area (Å²) in [4.78, 5) is 0. The zero-order valence-corrected chi connectivity index (χ0v) is 10.5. The maximum absolute atomic E-state index is 5.86. The molecule has 0 saturated carbocycles. The molecule has 0 aliphatic carbocycles. The zero-order chi connectivity index (χ0) is 10.7. The molecule has 0 aromatic heterocycles. The van der Waals surface area contributed by atoms with Crippen molar-refractivity contribution in [2.24, 2.45) is 0 Å². The number of halogens is 1. The third kappa shape index (κ3) is 3.03. The van der Waals surface area contributed by atoms with E-state index in [4.69, 9.17) is 4.74 Å². The van der Waals surface area contributed by atoms with Crippen LogP contribution in [0.3, 0.4) is 0 Å².